The second kappa shape index (κ2) is 8.33. The zero-order chi connectivity index (χ0) is 16.9. The van der Waals surface area contributed by atoms with Crippen LogP contribution in [0, 0.1) is 0 Å². The summed E-state index contributed by atoms with van der Waals surface area (Å²) in [6.07, 6.45) is 6.93. The fourth-order valence-electron chi connectivity index (χ4n) is 2.81. The standard InChI is InChI=1S/C16H21N3O2S3/c1-22-15-11(8-13(24-15)14(20)21)12-9-23-16(19-12)18-7-5-10-4-2-3-6-17-10/h8-10,17H,2-7H2,1H3,(H,18,19)(H,20,21). The number of thiazole rings is 1. The molecule has 0 aliphatic carbocycles. The molecule has 1 aliphatic rings. The molecule has 0 radical (unpaired) electrons. The van der Waals surface area contributed by atoms with Gasteiger partial charge in [0.2, 0.25) is 0 Å². The quantitative estimate of drug-likeness (QED) is 0.621. The Morgan fingerprint density at radius 2 is 2.42 bits per heavy atom. The van der Waals surface area contributed by atoms with Gasteiger partial charge < -0.3 is 15.7 Å². The molecule has 1 saturated heterocycles. The van der Waals surface area contributed by atoms with Gasteiger partial charge in [0, 0.05) is 23.5 Å². The van der Waals surface area contributed by atoms with E-state index in [1.165, 1.54) is 30.6 Å². The van der Waals surface area contributed by atoms with E-state index in [1.807, 2.05) is 11.6 Å². The molecule has 1 unspecified atom stereocenters. The number of hydrogen-bond donors (Lipinski definition) is 3. The SMILES string of the molecule is CSc1sc(C(=O)O)cc1-c1csc(NCCC2CCCCN2)n1. The first-order chi connectivity index (χ1) is 11.7. The van der Waals surface area contributed by atoms with Crippen molar-refractivity contribution in [1.29, 1.82) is 0 Å². The van der Waals surface area contributed by atoms with E-state index >= 15 is 0 Å². The minimum atomic E-state index is -0.880. The molecule has 3 N–H and O–H groups in total. The third-order valence-corrected chi connectivity index (χ3v) is 7.11. The number of hydrogen-bond acceptors (Lipinski definition) is 7. The van der Waals surface area contributed by atoms with Crippen molar-refractivity contribution in [3.05, 3.63) is 16.3 Å². The van der Waals surface area contributed by atoms with Crippen molar-refractivity contribution < 1.29 is 9.90 Å². The Morgan fingerprint density at radius 1 is 1.54 bits per heavy atom. The van der Waals surface area contributed by atoms with Crippen LogP contribution in [0.3, 0.4) is 0 Å². The van der Waals surface area contributed by atoms with Crippen molar-refractivity contribution >= 4 is 45.5 Å². The predicted octanol–water partition coefficient (Wildman–Crippen LogP) is 4.24. The fourth-order valence-corrected chi connectivity index (χ4v) is 5.27. The summed E-state index contributed by atoms with van der Waals surface area (Å²) in [7, 11) is 0. The minimum absolute atomic E-state index is 0.361. The van der Waals surface area contributed by atoms with Crippen molar-refractivity contribution in [2.45, 2.75) is 35.9 Å². The van der Waals surface area contributed by atoms with Crippen LogP contribution < -0.4 is 10.6 Å². The number of nitrogens with one attached hydrogen (secondary N) is 2. The maximum Gasteiger partial charge on any atom is 0.345 e. The molecule has 2 aromatic rings. The van der Waals surface area contributed by atoms with Crippen LogP contribution in [0.15, 0.2) is 15.7 Å². The van der Waals surface area contributed by atoms with Gasteiger partial charge in [-0.1, -0.05) is 6.42 Å². The molecule has 130 valence electrons. The van der Waals surface area contributed by atoms with Gasteiger partial charge >= 0.3 is 5.97 Å². The third-order valence-electron chi connectivity index (χ3n) is 4.06. The highest BCUT2D eigenvalue weighted by Crippen LogP contribution is 2.38. The summed E-state index contributed by atoms with van der Waals surface area (Å²) in [5.74, 6) is -0.880. The lowest BCUT2D eigenvalue weighted by Crippen LogP contribution is -2.35. The molecule has 0 spiro atoms. The molecule has 1 fully saturated rings. The number of carboxylic acids is 1. The van der Waals surface area contributed by atoms with Gasteiger partial charge in [-0.15, -0.1) is 34.4 Å². The first kappa shape index (κ1) is 17.7. The molecule has 0 amide bonds. The summed E-state index contributed by atoms with van der Waals surface area (Å²) >= 11 is 4.45. The van der Waals surface area contributed by atoms with Gasteiger partial charge in [-0.3, -0.25) is 0 Å². The van der Waals surface area contributed by atoms with E-state index in [1.54, 1.807) is 29.2 Å². The Balaban J connectivity index is 1.61. The normalized spacial score (nSPS) is 17.8. The van der Waals surface area contributed by atoms with Crippen LogP contribution >= 0.6 is 34.4 Å². The van der Waals surface area contributed by atoms with E-state index in [-0.39, 0.29) is 0 Å². The number of nitrogens with zero attached hydrogens (tertiary/aromatic N) is 1. The van der Waals surface area contributed by atoms with Crippen molar-refractivity contribution in [1.82, 2.24) is 10.3 Å². The van der Waals surface area contributed by atoms with E-state index in [9.17, 15) is 9.90 Å². The topological polar surface area (TPSA) is 74.2 Å². The summed E-state index contributed by atoms with van der Waals surface area (Å²) in [5, 5.41) is 19.0. The number of carboxylic acid groups (broad SMARTS) is 1. The van der Waals surface area contributed by atoms with Gasteiger partial charge in [-0.2, -0.15) is 0 Å². The highest BCUT2D eigenvalue weighted by molar-refractivity contribution is 8.00. The average molecular weight is 384 g/mol. The zero-order valence-corrected chi connectivity index (χ0v) is 16.0. The summed E-state index contributed by atoms with van der Waals surface area (Å²) in [6.45, 7) is 2.04. The van der Waals surface area contributed by atoms with Gasteiger partial charge in [0.05, 0.1) is 9.90 Å². The van der Waals surface area contributed by atoms with Gasteiger partial charge in [-0.25, -0.2) is 9.78 Å². The molecule has 3 heterocycles. The van der Waals surface area contributed by atoms with Crippen molar-refractivity contribution in [3.63, 3.8) is 0 Å². The molecule has 24 heavy (non-hydrogen) atoms. The Morgan fingerprint density at radius 3 is 3.12 bits per heavy atom. The van der Waals surface area contributed by atoms with Crippen LogP contribution in [-0.2, 0) is 0 Å². The Kier molecular flexibility index (Phi) is 6.15. The van der Waals surface area contributed by atoms with Gasteiger partial charge in [0.1, 0.15) is 4.88 Å². The fraction of sp³-hybridized carbons (Fsp3) is 0.500. The number of rotatable bonds is 7. The van der Waals surface area contributed by atoms with Gasteiger partial charge in [0.15, 0.2) is 5.13 Å². The molecule has 5 nitrogen and oxygen atoms in total. The van der Waals surface area contributed by atoms with E-state index < -0.39 is 5.97 Å². The highest BCUT2D eigenvalue weighted by Gasteiger charge is 2.17. The summed E-state index contributed by atoms with van der Waals surface area (Å²) in [5.41, 5.74) is 1.77. The second-order valence-corrected chi connectivity index (χ2v) is 8.71. The number of anilines is 1. The van der Waals surface area contributed by atoms with Crippen LogP contribution in [0.5, 0.6) is 0 Å². The Hall–Kier alpha value is -1.09. The van der Waals surface area contributed by atoms with Crippen LogP contribution in [0.25, 0.3) is 11.3 Å². The highest BCUT2D eigenvalue weighted by atomic mass is 32.2. The molecule has 3 rings (SSSR count). The molecule has 1 aliphatic heterocycles. The number of thioether (sulfide) groups is 1. The van der Waals surface area contributed by atoms with E-state index in [0.717, 1.165) is 40.1 Å². The molecule has 0 aromatic carbocycles. The number of thiophene rings is 1. The average Bonchev–Trinajstić information content (AvgIpc) is 3.22. The summed E-state index contributed by atoms with van der Waals surface area (Å²) in [4.78, 5) is 16.2. The third kappa shape index (κ3) is 4.30. The number of aromatic carboxylic acids is 1. The monoisotopic (exact) mass is 383 g/mol. The number of piperidine rings is 1. The van der Waals surface area contributed by atoms with E-state index in [4.69, 9.17) is 0 Å². The number of carbonyl (C=O) groups is 1. The molecular weight excluding hydrogens is 362 g/mol. The molecule has 1 atom stereocenters. The smallest absolute Gasteiger partial charge is 0.345 e. The Labute approximate surface area is 153 Å². The van der Waals surface area contributed by atoms with E-state index in [2.05, 4.69) is 15.6 Å². The van der Waals surface area contributed by atoms with Crippen LogP contribution in [-0.4, -0.2) is 41.4 Å². The van der Waals surface area contributed by atoms with Crippen molar-refractivity contribution in [2.75, 3.05) is 24.7 Å². The zero-order valence-electron chi connectivity index (χ0n) is 13.5. The molecule has 0 bridgehead atoms. The lowest BCUT2D eigenvalue weighted by molar-refractivity contribution is 0.0702. The lowest BCUT2D eigenvalue weighted by atomic mass is 10.0. The number of aromatic nitrogens is 1. The molecule has 8 heteroatoms. The molecule has 0 saturated carbocycles. The predicted molar refractivity (Wildman–Crippen MR) is 103 cm³/mol. The Bertz CT molecular complexity index is 693. The molecule has 2 aromatic heterocycles. The van der Waals surface area contributed by atoms with Crippen LogP contribution in [0.1, 0.15) is 35.4 Å². The van der Waals surface area contributed by atoms with Crippen LogP contribution in [0.2, 0.25) is 0 Å². The first-order valence-electron chi connectivity index (χ1n) is 8.01. The summed E-state index contributed by atoms with van der Waals surface area (Å²) < 4.78 is 0.996. The summed E-state index contributed by atoms with van der Waals surface area (Å²) in [6, 6.07) is 2.34. The van der Waals surface area contributed by atoms with Gasteiger partial charge in [-0.05, 0) is 38.1 Å². The van der Waals surface area contributed by atoms with Crippen LogP contribution in [0.4, 0.5) is 5.13 Å². The molecular formula is C16H21N3O2S3. The maximum atomic E-state index is 11.2. The van der Waals surface area contributed by atoms with Gasteiger partial charge in [0.25, 0.3) is 0 Å². The second-order valence-electron chi connectivity index (χ2n) is 5.72. The van der Waals surface area contributed by atoms with Crippen molar-refractivity contribution in [2.24, 2.45) is 0 Å². The van der Waals surface area contributed by atoms with E-state index in [0.29, 0.717) is 10.9 Å². The largest absolute Gasteiger partial charge is 0.477 e. The maximum absolute atomic E-state index is 11.2. The first-order valence-corrected chi connectivity index (χ1v) is 10.9. The van der Waals surface area contributed by atoms with Crippen molar-refractivity contribution in [3.8, 4) is 11.3 Å². The minimum Gasteiger partial charge on any atom is -0.477 e. The lowest BCUT2D eigenvalue weighted by Gasteiger charge is -2.23.